The van der Waals surface area contributed by atoms with Crippen molar-refractivity contribution in [3.8, 4) is 11.3 Å². The molecule has 0 atom stereocenters. The van der Waals surface area contributed by atoms with Crippen LogP contribution in [-0.4, -0.2) is 36.1 Å². The van der Waals surface area contributed by atoms with Crippen molar-refractivity contribution in [3.05, 3.63) is 76.4 Å². The zero-order valence-electron chi connectivity index (χ0n) is 17.8. The molecule has 1 aliphatic rings. The van der Waals surface area contributed by atoms with Gasteiger partial charge in [-0.2, -0.15) is 9.61 Å². The van der Waals surface area contributed by atoms with Crippen LogP contribution < -0.4 is 10.0 Å². The summed E-state index contributed by atoms with van der Waals surface area (Å²) < 4.78 is 56.4. The fourth-order valence-electron chi connectivity index (χ4n) is 3.82. The lowest BCUT2D eigenvalue weighted by molar-refractivity contribution is 0.562. The second-order valence-corrected chi connectivity index (χ2v) is 10.7. The number of benzene rings is 2. The zero-order valence-corrected chi connectivity index (χ0v) is 20.2. The average Bonchev–Trinajstić information content (AvgIpc) is 3.59. The number of aromatic nitrogens is 3. The topological polar surface area (TPSA) is 88.4 Å². The van der Waals surface area contributed by atoms with Crippen molar-refractivity contribution < 1.29 is 17.2 Å². The minimum Gasteiger partial charge on any atom is -0.369 e. The highest BCUT2D eigenvalue weighted by molar-refractivity contribution is 9.10. The Balaban J connectivity index is 1.37. The van der Waals surface area contributed by atoms with Crippen molar-refractivity contribution in [3.63, 3.8) is 0 Å². The molecule has 0 unspecified atom stereocenters. The Morgan fingerprint density at radius 1 is 1.06 bits per heavy atom. The van der Waals surface area contributed by atoms with Gasteiger partial charge in [-0.1, -0.05) is 24.3 Å². The van der Waals surface area contributed by atoms with Crippen LogP contribution in [0.5, 0.6) is 0 Å². The predicted octanol–water partition coefficient (Wildman–Crippen LogP) is 4.70. The summed E-state index contributed by atoms with van der Waals surface area (Å²) in [4.78, 5) is 4.32. The second-order valence-electron chi connectivity index (χ2n) is 8.05. The van der Waals surface area contributed by atoms with Crippen LogP contribution in [0.1, 0.15) is 24.3 Å². The second kappa shape index (κ2) is 9.05. The summed E-state index contributed by atoms with van der Waals surface area (Å²) in [5.41, 5.74) is 3.73. The Morgan fingerprint density at radius 3 is 2.53 bits per heavy atom. The van der Waals surface area contributed by atoms with Gasteiger partial charge in [-0.05, 0) is 52.4 Å². The molecule has 2 heterocycles. The Bertz CT molecular complexity index is 1470. The van der Waals surface area contributed by atoms with Crippen LogP contribution in [0.25, 0.3) is 16.9 Å². The SMILES string of the molecule is O=S(=O)(NCCNc1cc(-c2ccccc2C2CC2)nc2c(Br)cnn12)c1cc(F)cc(F)c1. The van der Waals surface area contributed by atoms with Crippen LogP contribution in [0.15, 0.2) is 64.1 Å². The van der Waals surface area contributed by atoms with Gasteiger partial charge in [-0.25, -0.2) is 26.9 Å². The standard InChI is InChI=1S/C23H20BrF2N5O2S/c24-20-13-28-31-22(27-7-8-29-34(32,33)17-10-15(25)9-16(26)11-17)12-21(30-23(20)31)19-4-2-1-3-18(19)14-5-6-14/h1-4,9-14,27,29H,5-8H2. The lowest BCUT2D eigenvalue weighted by Gasteiger charge is -2.13. The van der Waals surface area contributed by atoms with Crippen LogP contribution in [0.4, 0.5) is 14.6 Å². The van der Waals surface area contributed by atoms with Gasteiger partial charge < -0.3 is 5.32 Å². The van der Waals surface area contributed by atoms with Crippen LogP contribution in [0, 0.1) is 11.6 Å². The molecule has 2 aromatic heterocycles. The van der Waals surface area contributed by atoms with Gasteiger partial charge in [0.15, 0.2) is 5.65 Å². The summed E-state index contributed by atoms with van der Waals surface area (Å²) in [6.45, 7) is 0.193. The number of hydrogen-bond acceptors (Lipinski definition) is 5. The van der Waals surface area contributed by atoms with E-state index in [-0.39, 0.29) is 13.1 Å². The molecule has 0 spiro atoms. The lowest BCUT2D eigenvalue weighted by Crippen LogP contribution is -2.29. The quantitative estimate of drug-likeness (QED) is 0.312. The zero-order chi connectivity index (χ0) is 23.9. The molecule has 34 heavy (non-hydrogen) atoms. The van der Waals surface area contributed by atoms with Crippen molar-refractivity contribution in [1.82, 2.24) is 19.3 Å². The molecule has 5 rings (SSSR count). The van der Waals surface area contributed by atoms with Crippen molar-refractivity contribution in [1.29, 1.82) is 0 Å². The maximum atomic E-state index is 13.4. The fourth-order valence-corrected chi connectivity index (χ4v) is 5.24. The first-order valence-corrected chi connectivity index (χ1v) is 12.9. The van der Waals surface area contributed by atoms with Crippen LogP contribution >= 0.6 is 15.9 Å². The maximum Gasteiger partial charge on any atom is 0.240 e. The minimum absolute atomic E-state index is 0.0132. The minimum atomic E-state index is -4.07. The summed E-state index contributed by atoms with van der Waals surface area (Å²) in [6.07, 6.45) is 3.97. The van der Waals surface area contributed by atoms with E-state index in [0.29, 0.717) is 23.4 Å². The Kier molecular flexibility index (Phi) is 6.09. The Labute approximate surface area is 203 Å². The summed E-state index contributed by atoms with van der Waals surface area (Å²) in [6, 6.07) is 12.2. The van der Waals surface area contributed by atoms with Crippen molar-refractivity contribution in [2.45, 2.75) is 23.7 Å². The molecule has 0 amide bonds. The highest BCUT2D eigenvalue weighted by atomic mass is 79.9. The van der Waals surface area contributed by atoms with Crippen LogP contribution in [-0.2, 0) is 10.0 Å². The van der Waals surface area contributed by atoms with Gasteiger partial charge in [0.1, 0.15) is 17.5 Å². The summed E-state index contributed by atoms with van der Waals surface area (Å²) in [5.74, 6) is -0.741. The number of halogens is 3. The normalized spacial score (nSPS) is 14.0. The molecule has 2 N–H and O–H groups in total. The van der Waals surface area contributed by atoms with Gasteiger partial charge in [0.25, 0.3) is 0 Å². The Hall–Kier alpha value is -2.89. The number of rotatable bonds is 8. The monoisotopic (exact) mass is 547 g/mol. The summed E-state index contributed by atoms with van der Waals surface area (Å²) in [5, 5.41) is 7.53. The van der Waals surface area contributed by atoms with Gasteiger partial charge in [0.05, 0.1) is 21.3 Å². The molecule has 2 aromatic carbocycles. The van der Waals surface area contributed by atoms with E-state index in [9.17, 15) is 17.2 Å². The van der Waals surface area contributed by atoms with Gasteiger partial charge in [-0.3, -0.25) is 0 Å². The van der Waals surface area contributed by atoms with E-state index in [1.165, 1.54) is 5.56 Å². The van der Waals surface area contributed by atoms with Crippen molar-refractivity contribution in [2.24, 2.45) is 0 Å². The molecule has 4 aromatic rings. The third-order valence-corrected chi connectivity index (χ3v) is 7.55. The highest BCUT2D eigenvalue weighted by Crippen LogP contribution is 2.44. The third kappa shape index (κ3) is 4.68. The number of fused-ring (bicyclic) bond motifs is 1. The van der Waals surface area contributed by atoms with E-state index in [1.807, 2.05) is 24.3 Å². The average molecular weight is 548 g/mol. The summed E-state index contributed by atoms with van der Waals surface area (Å²) in [7, 11) is -4.07. The van der Waals surface area contributed by atoms with E-state index < -0.39 is 26.6 Å². The van der Waals surface area contributed by atoms with Gasteiger partial charge >= 0.3 is 0 Å². The Morgan fingerprint density at radius 2 is 1.79 bits per heavy atom. The molecule has 1 aliphatic carbocycles. The third-order valence-electron chi connectivity index (χ3n) is 5.55. The van der Waals surface area contributed by atoms with E-state index in [0.717, 1.165) is 40.7 Å². The maximum absolute atomic E-state index is 13.4. The lowest BCUT2D eigenvalue weighted by atomic mass is 10.0. The fraction of sp³-hybridized carbons (Fsp3) is 0.217. The number of sulfonamides is 1. The van der Waals surface area contributed by atoms with Gasteiger partial charge in [0.2, 0.25) is 10.0 Å². The first-order chi connectivity index (χ1) is 16.3. The smallest absolute Gasteiger partial charge is 0.240 e. The number of anilines is 1. The van der Waals surface area contributed by atoms with E-state index >= 15 is 0 Å². The molecule has 0 aliphatic heterocycles. The highest BCUT2D eigenvalue weighted by Gasteiger charge is 2.27. The van der Waals surface area contributed by atoms with Crippen molar-refractivity contribution >= 4 is 37.4 Å². The molecular weight excluding hydrogens is 528 g/mol. The van der Waals surface area contributed by atoms with E-state index in [4.69, 9.17) is 4.98 Å². The molecule has 7 nitrogen and oxygen atoms in total. The molecule has 1 fully saturated rings. The number of nitrogens with zero attached hydrogens (tertiary/aromatic N) is 3. The molecule has 11 heteroatoms. The van der Waals surface area contributed by atoms with Gasteiger partial charge in [0, 0.05) is 30.8 Å². The predicted molar refractivity (Wildman–Crippen MR) is 128 cm³/mol. The molecule has 0 bridgehead atoms. The first-order valence-electron chi connectivity index (χ1n) is 10.6. The number of nitrogens with one attached hydrogen (secondary N) is 2. The van der Waals surface area contributed by atoms with E-state index in [2.05, 4.69) is 37.1 Å². The van der Waals surface area contributed by atoms with Crippen molar-refractivity contribution in [2.75, 3.05) is 18.4 Å². The first kappa shape index (κ1) is 22.9. The van der Waals surface area contributed by atoms with Gasteiger partial charge in [-0.15, -0.1) is 0 Å². The molecule has 0 saturated heterocycles. The van der Waals surface area contributed by atoms with Crippen LogP contribution in [0.3, 0.4) is 0 Å². The molecule has 0 radical (unpaired) electrons. The molecular formula is C23H20BrF2N5O2S. The summed E-state index contributed by atoms with van der Waals surface area (Å²) >= 11 is 3.49. The van der Waals surface area contributed by atoms with Crippen LogP contribution in [0.2, 0.25) is 0 Å². The molecule has 176 valence electrons. The largest absolute Gasteiger partial charge is 0.369 e. The van der Waals surface area contributed by atoms with E-state index in [1.54, 1.807) is 10.7 Å². The molecule has 1 saturated carbocycles. The number of hydrogen-bond donors (Lipinski definition) is 2.